The van der Waals surface area contributed by atoms with E-state index >= 15 is 0 Å². The van der Waals surface area contributed by atoms with Gasteiger partial charge in [0.2, 0.25) is 0 Å². The maximum atomic E-state index is 5.68. The zero-order valence-corrected chi connectivity index (χ0v) is 9.53. The fraction of sp³-hybridized carbons (Fsp3) is 0.583. The molecular formula is C12H19N3. The number of nitrogens with two attached hydrogens (primary N) is 1. The lowest BCUT2D eigenvalue weighted by Gasteiger charge is -2.37. The molecule has 0 atom stereocenters. The van der Waals surface area contributed by atoms with Gasteiger partial charge in [-0.25, -0.2) is 4.98 Å². The summed E-state index contributed by atoms with van der Waals surface area (Å²) in [5.74, 6) is 1.63. The van der Waals surface area contributed by atoms with Gasteiger partial charge >= 0.3 is 0 Å². The number of pyridine rings is 1. The van der Waals surface area contributed by atoms with E-state index in [4.69, 9.17) is 5.73 Å². The second kappa shape index (κ2) is 3.72. The number of rotatable bonds is 1. The second-order valence-electron chi connectivity index (χ2n) is 5.07. The zero-order valence-electron chi connectivity index (χ0n) is 9.53. The molecule has 0 amide bonds. The standard InChI is InChI=1S/C12H19N3/c1-12(2)6-8-15(9-7-12)11-5-3-4-10(13)14-11/h3-5H,6-9H2,1-2H3,(H2,13,14). The third-order valence-corrected chi connectivity index (χ3v) is 3.20. The van der Waals surface area contributed by atoms with Crippen molar-refractivity contribution < 1.29 is 0 Å². The van der Waals surface area contributed by atoms with Crippen molar-refractivity contribution in [3.63, 3.8) is 0 Å². The largest absolute Gasteiger partial charge is 0.384 e. The van der Waals surface area contributed by atoms with Crippen molar-refractivity contribution in [3.8, 4) is 0 Å². The molecule has 3 heteroatoms. The van der Waals surface area contributed by atoms with Crippen LogP contribution in [0.1, 0.15) is 26.7 Å². The Kier molecular flexibility index (Phi) is 2.55. The van der Waals surface area contributed by atoms with E-state index in [2.05, 4.69) is 23.7 Å². The molecule has 2 N–H and O–H groups in total. The maximum Gasteiger partial charge on any atom is 0.130 e. The summed E-state index contributed by atoms with van der Waals surface area (Å²) < 4.78 is 0. The summed E-state index contributed by atoms with van der Waals surface area (Å²) >= 11 is 0. The van der Waals surface area contributed by atoms with Crippen LogP contribution in [0.4, 0.5) is 11.6 Å². The van der Waals surface area contributed by atoms with Crippen LogP contribution in [0.5, 0.6) is 0 Å². The quantitative estimate of drug-likeness (QED) is 0.765. The van der Waals surface area contributed by atoms with Crippen LogP contribution in [0, 0.1) is 5.41 Å². The van der Waals surface area contributed by atoms with E-state index in [0.717, 1.165) is 18.9 Å². The van der Waals surface area contributed by atoms with Crippen molar-refractivity contribution in [2.75, 3.05) is 23.7 Å². The highest BCUT2D eigenvalue weighted by atomic mass is 15.2. The first-order chi connectivity index (χ1) is 7.07. The van der Waals surface area contributed by atoms with Gasteiger partial charge in [0.25, 0.3) is 0 Å². The number of nitrogen functional groups attached to an aromatic ring is 1. The zero-order chi connectivity index (χ0) is 10.9. The van der Waals surface area contributed by atoms with Crippen LogP contribution in [-0.4, -0.2) is 18.1 Å². The number of hydrogen-bond acceptors (Lipinski definition) is 3. The summed E-state index contributed by atoms with van der Waals surface area (Å²) in [5, 5.41) is 0. The highest BCUT2D eigenvalue weighted by Crippen LogP contribution is 2.31. The van der Waals surface area contributed by atoms with Gasteiger partial charge in [-0.3, -0.25) is 0 Å². The van der Waals surface area contributed by atoms with Crippen molar-refractivity contribution in [2.24, 2.45) is 5.41 Å². The lowest BCUT2D eigenvalue weighted by Crippen LogP contribution is -2.37. The Morgan fingerprint density at radius 1 is 1.27 bits per heavy atom. The van der Waals surface area contributed by atoms with Gasteiger partial charge in [-0.1, -0.05) is 19.9 Å². The molecule has 0 radical (unpaired) electrons. The predicted molar refractivity (Wildman–Crippen MR) is 63.9 cm³/mol. The summed E-state index contributed by atoms with van der Waals surface area (Å²) in [7, 11) is 0. The molecule has 0 unspecified atom stereocenters. The Balaban J connectivity index is 2.08. The fourth-order valence-electron chi connectivity index (χ4n) is 1.96. The SMILES string of the molecule is CC1(C)CCN(c2cccc(N)n2)CC1. The summed E-state index contributed by atoms with van der Waals surface area (Å²) in [4.78, 5) is 6.67. The molecule has 1 aromatic heterocycles. The van der Waals surface area contributed by atoms with Crippen molar-refractivity contribution >= 4 is 11.6 Å². The summed E-state index contributed by atoms with van der Waals surface area (Å²) in [6, 6.07) is 5.84. The Morgan fingerprint density at radius 3 is 2.53 bits per heavy atom. The molecule has 0 aromatic carbocycles. The van der Waals surface area contributed by atoms with Gasteiger partial charge in [0.1, 0.15) is 11.6 Å². The fourth-order valence-corrected chi connectivity index (χ4v) is 1.96. The average Bonchev–Trinajstić information content (AvgIpc) is 2.17. The summed E-state index contributed by atoms with van der Waals surface area (Å²) in [6.45, 7) is 6.83. The summed E-state index contributed by atoms with van der Waals surface area (Å²) in [6.07, 6.45) is 2.45. The van der Waals surface area contributed by atoms with Crippen molar-refractivity contribution in [1.82, 2.24) is 4.98 Å². The number of piperidine rings is 1. The van der Waals surface area contributed by atoms with Gasteiger partial charge in [-0.05, 0) is 30.4 Å². The minimum Gasteiger partial charge on any atom is -0.384 e. The molecular weight excluding hydrogens is 186 g/mol. The van der Waals surface area contributed by atoms with Crippen LogP contribution in [-0.2, 0) is 0 Å². The van der Waals surface area contributed by atoms with E-state index in [9.17, 15) is 0 Å². The van der Waals surface area contributed by atoms with Crippen LogP contribution in [0.3, 0.4) is 0 Å². The monoisotopic (exact) mass is 205 g/mol. The Morgan fingerprint density at radius 2 is 1.93 bits per heavy atom. The van der Waals surface area contributed by atoms with Crippen LogP contribution in [0.25, 0.3) is 0 Å². The molecule has 0 spiro atoms. The summed E-state index contributed by atoms with van der Waals surface area (Å²) in [5.41, 5.74) is 6.16. The average molecular weight is 205 g/mol. The third-order valence-electron chi connectivity index (χ3n) is 3.20. The Labute approximate surface area is 91.3 Å². The molecule has 1 aliphatic rings. The lowest BCUT2D eigenvalue weighted by atomic mass is 9.83. The van der Waals surface area contributed by atoms with Crippen LogP contribution >= 0.6 is 0 Å². The first-order valence-corrected chi connectivity index (χ1v) is 5.54. The highest BCUT2D eigenvalue weighted by Gasteiger charge is 2.25. The van der Waals surface area contributed by atoms with Gasteiger partial charge < -0.3 is 10.6 Å². The number of anilines is 2. The molecule has 82 valence electrons. The first kappa shape index (κ1) is 10.3. The molecule has 3 nitrogen and oxygen atoms in total. The smallest absolute Gasteiger partial charge is 0.130 e. The van der Waals surface area contributed by atoms with Crippen molar-refractivity contribution in [3.05, 3.63) is 18.2 Å². The normalized spacial score (nSPS) is 20.3. The van der Waals surface area contributed by atoms with E-state index in [1.165, 1.54) is 12.8 Å². The molecule has 1 fully saturated rings. The molecule has 2 heterocycles. The first-order valence-electron chi connectivity index (χ1n) is 5.54. The molecule has 0 saturated carbocycles. The molecule has 15 heavy (non-hydrogen) atoms. The van der Waals surface area contributed by atoms with Gasteiger partial charge in [0.15, 0.2) is 0 Å². The van der Waals surface area contributed by atoms with Crippen LogP contribution in [0.2, 0.25) is 0 Å². The van der Waals surface area contributed by atoms with E-state index in [1.807, 2.05) is 18.2 Å². The molecule has 1 saturated heterocycles. The minimum atomic E-state index is 0.483. The van der Waals surface area contributed by atoms with Crippen LogP contribution < -0.4 is 10.6 Å². The van der Waals surface area contributed by atoms with E-state index in [0.29, 0.717) is 11.2 Å². The molecule has 1 aliphatic heterocycles. The van der Waals surface area contributed by atoms with Gasteiger partial charge in [0, 0.05) is 13.1 Å². The maximum absolute atomic E-state index is 5.68. The molecule has 2 rings (SSSR count). The highest BCUT2D eigenvalue weighted by molar-refractivity contribution is 5.45. The van der Waals surface area contributed by atoms with Crippen LogP contribution in [0.15, 0.2) is 18.2 Å². The topological polar surface area (TPSA) is 42.1 Å². The molecule has 0 bridgehead atoms. The van der Waals surface area contributed by atoms with E-state index in [-0.39, 0.29) is 0 Å². The molecule has 0 aliphatic carbocycles. The number of aromatic nitrogens is 1. The van der Waals surface area contributed by atoms with Crippen molar-refractivity contribution in [1.29, 1.82) is 0 Å². The molecule has 1 aromatic rings. The van der Waals surface area contributed by atoms with Gasteiger partial charge in [-0.2, -0.15) is 0 Å². The number of hydrogen-bond donors (Lipinski definition) is 1. The Bertz CT molecular complexity index is 336. The second-order valence-corrected chi connectivity index (χ2v) is 5.07. The minimum absolute atomic E-state index is 0.483. The lowest BCUT2D eigenvalue weighted by molar-refractivity contribution is 0.279. The van der Waals surface area contributed by atoms with E-state index < -0.39 is 0 Å². The van der Waals surface area contributed by atoms with Crippen molar-refractivity contribution in [2.45, 2.75) is 26.7 Å². The number of nitrogens with zero attached hydrogens (tertiary/aromatic N) is 2. The Hall–Kier alpha value is -1.25. The van der Waals surface area contributed by atoms with E-state index in [1.54, 1.807) is 0 Å². The van der Waals surface area contributed by atoms with Gasteiger partial charge in [-0.15, -0.1) is 0 Å². The van der Waals surface area contributed by atoms with Gasteiger partial charge in [0.05, 0.1) is 0 Å². The third kappa shape index (κ3) is 2.41. The predicted octanol–water partition coefficient (Wildman–Crippen LogP) is 2.29.